The highest BCUT2D eigenvalue weighted by Gasteiger charge is 2.33. The predicted molar refractivity (Wildman–Crippen MR) is 76.5 cm³/mol. The van der Waals surface area contributed by atoms with Gasteiger partial charge >= 0.3 is 0 Å². The van der Waals surface area contributed by atoms with Crippen LogP contribution in [-0.2, 0) is 4.79 Å². The molecule has 2 N–H and O–H groups in total. The lowest BCUT2D eigenvalue weighted by molar-refractivity contribution is -0.120. The molecule has 3 nitrogen and oxygen atoms in total. The first-order valence-corrected chi connectivity index (χ1v) is 7.45. The van der Waals surface area contributed by atoms with Crippen LogP contribution in [0.25, 0.3) is 0 Å². The van der Waals surface area contributed by atoms with Gasteiger partial charge in [0.1, 0.15) is 0 Å². The van der Waals surface area contributed by atoms with Gasteiger partial charge in [0.2, 0.25) is 5.91 Å². The van der Waals surface area contributed by atoms with Crippen molar-refractivity contribution in [2.75, 3.05) is 13.1 Å². The molecule has 1 rings (SSSR count). The summed E-state index contributed by atoms with van der Waals surface area (Å²) in [5.41, 5.74) is 0.331. The molecule has 0 aliphatic heterocycles. The summed E-state index contributed by atoms with van der Waals surface area (Å²) < 4.78 is 0. The molecule has 0 spiro atoms. The van der Waals surface area contributed by atoms with Crippen LogP contribution >= 0.6 is 0 Å². The first-order valence-electron chi connectivity index (χ1n) is 7.45. The van der Waals surface area contributed by atoms with Crippen LogP contribution in [0.15, 0.2) is 0 Å². The summed E-state index contributed by atoms with van der Waals surface area (Å²) in [7, 11) is 0. The van der Waals surface area contributed by atoms with E-state index in [1.807, 2.05) is 0 Å². The number of carbonyl (C=O) groups excluding carboxylic acids is 1. The highest BCUT2D eigenvalue weighted by molar-refractivity contribution is 5.77. The van der Waals surface area contributed by atoms with E-state index in [2.05, 4.69) is 38.3 Å². The Balaban J connectivity index is 2.40. The molecule has 3 heteroatoms. The van der Waals surface area contributed by atoms with Crippen LogP contribution in [0.3, 0.4) is 0 Å². The van der Waals surface area contributed by atoms with Crippen LogP contribution in [-0.4, -0.2) is 25.0 Å². The summed E-state index contributed by atoms with van der Waals surface area (Å²) in [5, 5.41) is 6.40. The van der Waals surface area contributed by atoms with Crippen molar-refractivity contribution in [3.8, 4) is 0 Å². The molecule has 18 heavy (non-hydrogen) atoms. The molecule has 1 aliphatic carbocycles. The Morgan fingerprint density at radius 2 is 1.89 bits per heavy atom. The Hall–Kier alpha value is -0.570. The van der Waals surface area contributed by atoms with Gasteiger partial charge in [-0.05, 0) is 30.6 Å². The van der Waals surface area contributed by atoms with Crippen molar-refractivity contribution in [1.82, 2.24) is 10.6 Å². The maximum absolute atomic E-state index is 11.6. The van der Waals surface area contributed by atoms with Gasteiger partial charge < -0.3 is 10.6 Å². The van der Waals surface area contributed by atoms with Gasteiger partial charge in [0.25, 0.3) is 0 Å². The fourth-order valence-corrected chi connectivity index (χ4v) is 2.96. The third-order valence-corrected chi connectivity index (χ3v) is 3.98. The van der Waals surface area contributed by atoms with E-state index in [9.17, 15) is 4.79 Å². The quantitative estimate of drug-likeness (QED) is 0.792. The summed E-state index contributed by atoms with van der Waals surface area (Å²) in [6, 6.07) is 0.506. The third kappa shape index (κ3) is 4.97. The van der Waals surface area contributed by atoms with E-state index < -0.39 is 0 Å². The fraction of sp³-hybridized carbons (Fsp3) is 0.933. The van der Waals surface area contributed by atoms with E-state index in [0.717, 1.165) is 13.0 Å². The number of amides is 1. The molecule has 0 bridgehead atoms. The van der Waals surface area contributed by atoms with Gasteiger partial charge in [-0.1, -0.05) is 40.5 Å². The average molecular weight is 254 g/mol. The highest BCUT2D eigenvalue weighted by Crippen LogP contribution is 2.37. The van der Waals surface area contributed by atoms with E-state index in [-0.39, 0.29) is 5.91 Å². The predicted octanol–water partition coefficient (Wildman–Crippen LogP) is 2.71. The van der Waals surface area contributed by atoms with Crippen LogP contribution in [0.2, 0.25) is 0 Å². The topological polar surface area (TPSA) is 41.1 Å². The van der Waals surface area contributed by atoms with E-state index in [4.69, 9.17) is 0 Å². The Morgan fingerprint density at radius 3 is 2.50 bits per heavy atom. The lowest BCUT2D eigenvalue weighted by Gasteiger charge is -2.40. The summed E-state index contributed by atoms with van der Waals surface area (Å²) in [4.78, 5) is 11.6. The van der Waals surface area contributed by atoms with Crippen molar-refractivity contribution in [2.45, 2.75) is 65.8 Å². The SMILES string of the molecule is CCCNC(=O)CNC1CCCCC1C(C)(C)C. The van der Waals surface area contributed by atoms with Gasteiger partial charge in [-0.15, -0.1) is 0 Å². The molecule has 1 amide bonds. The Kier molecular flexibility index (Phi) is 6.13. The minimum Gasteiger partial charge on any atom is -0.355 e. The normalized spacial score (nSPS) is 24.9. The first-order chi connectivity index (χ1) is 8.45. The van der Waals surface area contributed by atoms with Crippen molar-refractivity contribution in [1.29, 1.82) is 0 Å². The molecule has 1 saturated carbocycles. The number of hydrogen-bond acceptors (Lipinski definition) is 2. The zero-order valence-corrected chi connectivity index (χ0v) is 12.5. The minimum absolute atomic E-state index is 0.134. The van der Waals surface area contributed by atoms with Gasteiger partial charge in [-0.25, -0.2) is 0 Å². The minimum atomic E-state index is 0.134. The monoisotopic (exact) mass is 254 g/mol. The molecule has 2 atom stereocenters. The molecule has 0 saturated heterocycles. The smallest absolute Gasteiger partial charge is 0.233 e. The largest absolute Gasteiger partial charge is 0.355 e. The number of nitrogens with one attached hydrogen (secondary N) is 2. The van der Waals surface area contributed by atoms with E-state index in [1.165, 1.54) is 25.7 Å². The lowest BCUT2D eigenvalue weighted by Crippen LogP contribution is -2.47. The molecule has 0 radical (unpaired) electrons. The van der Waals surface area contributed by atoms with Gasteiger partial charge in [-0.3, -0.25) is 4.79 Å². The van der Waals surface area contributed by atoms with Crippen molar-refractivity contribution in [3.63, 3.8) is 0 Å². The summed E-state index contributed by atoms with van der Waals surface area (Å²) in [6.45, 7) is 10.3. The standard InChI is InChI=1S/C15H30N2O/c1-5-10-16-14(18)11-17-13-9-7-6-8-12(13)15(2,3)4/h12-13,17H,5-11H2,1-4H3,(H,16,18). The van der Waals surface area contributed by atoms with Crippen LogP contribution in [0.5, 0.6) is 0 Å². The van der Waals surface area contributed by atoms with Crippen molar-refractivity contribution < 1.29 is 4.79 Å². The number of hydrogen-bond donors (Lipinski definition) is 2. The molecule has 1 fully saturated rings. The Labute approximate surface area is 112 Å². The van der Waals surface area contributed by atoms with E-state index >= 15 is 0 Å². The number of carbonyl (C=O) groups is 1. The van der Waals surface area contributed by atoms with Crippen LogP contribution in [0.1, 0.15) is 59.8 Å². The molecule has 2 unspecified atom stereocenters. The highest BCUT2D eigenvalue weighted by atomic mass is 16.1. The van der Waals surface area contributed by atoms with Gasteiger partial charge in [0, 0.05) is 12.6 Å². The summed E-state index contributed by atoms with van der Waals surface area (Å²) in [5.74, 6) is 0.820. The van der Waals surface area contributed by atoms with Crippen LogP contribution < -0.4 is 10.6 Å². The maximum Gasteiger partial charge on any atom is 0.233 e. The van der Waals surface area contributed by atoms with Crippen LogP contribution in [0.4, 0.5) is 0 Å². The molecule has 1 aliphatic rings. The summed E-state index contributed by atoms with van der Waals surface area (Å²) in [6.07, 6.45) is 6.13. The first kappa shape index (κ1) is 15.5. The van der Waals surface area contributed by atoms with Crippen molar-refractivity contribution in [3.05, 3.63) is 0 Å². The average Bonchev–Trinajstić information content (AvgIpc) is 2.33. The molecule has 0 aromatic rings. The Morgan fingerprint density at radius 1 is 1.22 bits per heavy atom. The zero-order chi connectivity index (χ0) is 13.6. The molecular weight excluding hydrogens is 224 g/mol. The molecule has 0 aromatic heterocycles. The van der Waals surface area contributed by atoms with Gasteiger partial charge in [-0.2, -0.15) is 0 Å². The second-order valence-electron chi connectivity index (χ2n) is 6.59. The fourth-order valence-electron chi connectivity index (χ4n) is 2.96. The zero-order valence-electron chi connectivity index (χ0n) is 12.5. The summed E-state index contributed by atoms with van der Waals surface area (Å²) >= 11 is 0. The van der Waals surface area contributed by atoms with Crippen molar-refractivity contribution >= 4 is 5.91 Å². The molecule has 106 valence electrons. The molecule has 0 aromatic carbocycles. The second kappa shape index (κ2) is 7.13. The Bertz CT molecular complexity index is 258. The van der Waals surface area contributed by atoms with Crippen LogP contribution in [0, 0.1) is 11.3 Å². The second-order valence-corrected chi connectivity index (χ2v) is 6.59. The maximum atomic E-state index is 11.6. The van der Waals surface area contributed by atoms with E-state index in [0.29, 0.717) is 23.9 Å². The lowest BCUT2D eigenvalue weighted by atomic mass is 9.69. The molecular formula is C15H30N2O. The van der Waals surface area contributed by atoms with Crippen molar-refractivity contribution in [2.24, 2.45) is 11.3 Å². The van der Waals surface area contributed by atoms with Gasteiger partial charge in [0.05, 0.1) is 6.54 Å². The number of rotatable bonds is 5. The van der Waals surface area contributed by atoms with E-state index in [1.54, 1.807) is 0 Å². The third-order valence-electron chi connectivity index (χ3n) is 3.98. The van der Waals surface area contributed by atoms with Gasteiger partial charge in [0.15, 0.2) is 0 Å². The molecule has 0 heterocycles.